The molecule has 4 heteroatoms. The normalized spacial score (nSPS) is 12.2. The van der Waals surface area contributed by atoms with Crippen molar-refractivity contribution in [2.24, 2.45) is 0 Å². The molecule has 0 spiro atoms. The Morgan fingerprint density at radius 1 is 1.38 bits per heavy atom. The predicted octanol–water partition coefficient (Wildman–Crippen LogP) is 1.61. The summed E-state index contributed by atoms with van der Waals surface area (Å²) in [7, 11) is 0. The van der Waals surface area contributed by atoms with E-state index in [1.807, 2.05) is 0 Å². The summed E-state index contributed by atoms with van der Waals surface area (Å²) < 4.78 is 4.75. The van der Waals surface area contributed by atoms with Crippen LogP contribution in [0.5, 0.6) is 5.75 Å². The number of carbonyl (C=O) groups excluding carboxylic acids is 1. The van der Waals surface area contributed by atoms with E-state index < -0.39 is 12.1 Å². The van der Waals surface area contributed by atoms with Gasteiger partial charge in [0.05, 0.1) is 6.61 Å². The van der Waals surface area contributed by atoms with Gasteiger partial charge in [0, 0.05) is 0 Å². The summed E-state index contributed by atoms with van der Waals surface area (Å²) in [6.07, 6.45) is -1.29. The molecule has 0 amide bonds. The number of phenolic OH excluding ortho intramolecular Hbond substituents is 1. The first-order valence-electron chi connectivity index (χ1n) is 5.12. The van der Waals surface area contributed by atoms with Gasteiger partial charge in [-0.2, -0.15) is 0 Å². The van der Waals surface area contributed by atoms with Gasteiger partial charge in [0.2, 0.25) is 0 Å². The van der Waals surface area contributed by atoms with Crippen LogP contribution in [0.1, 0.15) is 29.7 Å². The Hall–Kier alpha value is -1.55. The van der Waals surface area contributed by atoms with Crippen molar-refractivity contribution in [3.05, 3.63) is 28.8 Å². The van der Waals surface area contributed by atoms with E-state index in [0.717, 1.165) is 0 Å². The third-order valence-corrected chi connectivity index (χ3v) is 2.36. The van der Waals surface area contributed by atoms with Crippen LogP contribution in [0.3, 0.4) is 0 Å². The van der Waals surface area contributed by atoms with Crippen LogP contribution < -0.4 is 0 Å². The van der Waals surface area contributed by atoms with Crippen molar-refractivity contribution in [3.8, 4) is 5.75 Å². The van der Waals surface area contributed by atoms with Crippen molar-refractivity contribution >= 4 is 5.97 Å². The van der Waals surface area contributed by atoms with Gasteiger partial charge in [-0.1, -0.05) is 0 Å². The monoisotopic (exact) mass is 224 g/mol. The second kappa shape index (κ2) is 4.99. The van der Waals surface area contributed by atoms with E-state index in [4.69, 9.17) is 4.74 Å². The summed E-state index contributed by atoms with van der Waals surface area (Å²) in [5, 5.41) is 19.2. The number of aliphatic hydroxyl groups excluding tert-OH is 1. The zero-order chi connectivity index (χ0) is 12.3. The fourth-order valence-corrected chi connectivity index (χ4v) is 1.72. The van der Waals surface area contributed by atoms with Crippen molar-refractivity contribution in [1.82, 2.24) is 0 Å². The number of esters is 1. The van der Waals surface area contributed by atoms with Crippen molar-refractivity contribution in [2.75, 3.05) is 6.61 Å². The largest absolute Gasteiger partial charge is 0.508 e. The predicted molar refractivity (Wildman–Crippen MR) is 59.2 cm³/mol. The molecule has 2 N–H and O–H groups in total. The topological polar surface area (TPSA) is 66.8 Å². The zero-order valence-corrected chi connectivity index (χ0v) is 9.65. The molecule has 1 atom stereocenters. The summed E-state index contributed by atoms with van der Waals surface area (Å²) in [5.74, 6) is -0.547. The Bertz CT molecular complexity index is 375. The Labute approximate surface area is 94.5 Å². The van der Waals surface area contributed by atoms with Crippen LogP contribution in [0.25, 0.3) is 0 Å². The Morgan fingerprint density at radius 3 is 2.31 bits per heavy atom. The molecule has 1 aromatic rings. The summed E-state index contributed by atoms with van der Waals surface area (Å²) in [6.45, 7) is 5.36. The van der Waals surface area contributed by atoms with Gasteiger partial charge in [0.25, 0.3) is 0 Å². The van der Waals surface area contributed by atoms with E-state index in [-0.39, 0.29) is 12.4 Å². The molecule has 0 fully saturated rings. The highest BCUT2D eigenvalue weighted by Crippen LogP contribution is 2.26. The quantitative estimate of drug-likeness (QED) is 0.765. The highest BCUT2D eigenvalue weighted by atomic mass is 16.5. The van der Waals surface area contributed by atoms with Crippen LogP contribution in [-0.2, 0) is 9.53 Å². The minimum atomic E-state index is -1.29. The van der Waals surface area contributed by atoms with E-state index >= 15 is 0 Å². The van der Waals surface area contributed by atoms with Gasteiger partial charge in [-0.3, -0.25) is 0 Å². The molecule has 0 aromatic heterocycles. The third-order valence-electron chi connectivity index (χ3n) is 2.36. The van der Waals surface area contributed by atoms with Crippen molar-refractivity contribution in [3.63, 3.8) is 0 Å². The van der Waals surface area contributed by atoms with Gasteiger partial charge in [-0.05, 0) is 49.6 Å². The molecular weight excluding hydrogens is 208 g/mol. The molecule has 1 aromatic carbocycles. The lowest BCUT2D eigenvalue weighted by Crippen LogP contribution is -2.17. The molecule has 0 bridgehead atoms. The summed E-state index contributed by atoms with van der Waals surface area (Å²) in [4.78, 5) is 11.4. The minimum absolute atomic E-state index is 0.120. The van der Waals surface area contributed by atoms with Crippen molar-refractivity contribution < 1.29 is 19.7 Å². The van der Waals surface area contributed by atoms with E-state index in [2.05, 4.69) is 0 Å². The van der Waals surface area contributed by atoms with Crippen LogP contribution in [0, 0.1) is 13.8 Å². The molecule has 0 heterocycles. The SMILES string of the molecule is CCOC(=O)C(O)c1c(C)cc(O)cc1C. The van der Waals surface area contributed by atoms with Crippen molar-refractivity contribution in [2.45, 2.75) is 26.9 Å². The number of benzene rings is 1. The lowest BCUT2D eigenvalue weighted by molar-refractivity contribution is -0.153. The molecule has 16 heavy (non-hydrogen) atoms. The number of aryl methyl sites for hydroxylation is 2. The second-order valence-corrected chi connectivity index (χ2v) is 3.65. The Kier molecular flexibility index (Phi) is 3.90. The van der Waals surface area contributed by atoms with E-state index in [0.29, 0.717) is 16.7 Å². The average Bonchev–Trinajstić information content (AvgIpc) is 2.16. The second-order valence-electron chi connectivity index (χ2n) is 3.65. The summed E-state index contributed by atoms with van der Waals surface area (Å²) >= 11 is 0. The highest BCUT2D eigenvalue weighted by molar-refractivity contribution is 5.77. The first-order valence-corrected chi connectivity index (χ1v) is 5.12. The first-order chi connectivity index (χ1) is 7.47. The lowest BCUT2D eigenvalue weighted by Gasteiger charge is -2.15. The molecular formula is C12H16O4. The number of phenols is 1. The van der Waals surface area contributed by atoms with E-state index in [9.17, 15) is 15.0 Å². The van der Waals surface area contributed by atoms with Gasteiger partial charge >= 0.3 is 5.97 Å². The number of carbonyl (C=O) groups is 1. The number of rotatable bonds is 3. The van der Waals surface area contributed by atoms with Gasteiger partial charge in [-0.15, -0.1) is 0 Å². The molecule has 0 saturated heterocycles. The highest BCUT2D eigenvalue weighted by Gasteiger charge is 2.22. The third kappa shape index (κ3) is 2.52. The molecule has 0 saturated carbocycles. The maximum atomic E-state index is 11.4. The fourth-order valence-electron chi connectivity index (χ4n) is 1.72. The number of aliphatic hydroxyl groups is 1. The smallest absolute Gasteiger partial charge is 0.339 e. The maximum absolute atomic E-state index is 11.4. The van der Waals surface area contributed by atoms with E-state index in [1.165, 1.54) is 12.1 Å². The molecule has 0 aliphatic rings. The number of hydrogen-bond donors (Lipinski definition) is 2. The van der Waals surface area contributed by atoms with Crippen LogP contribution in [0.2, 0.25) is 0 Å². The van der Waals surface area contributed by atoms with Crippen LogP contribution in [0.4, 0.5) is 0 Å². The number of hydrogen-bond acceptors (Lipinski definition) is 4. The number of aromatic hydroxyl groups is 1. The van der Waals surface area contributed by atoms with Gasteiger partial charge < -0.3 is 14.9 Å². The molecule has 1 rings (SSSR count). The zero-order valence-electron chi connectivity index (χ0n) is 9.65. The first kappa shape index (κ1) is 12.5. The maximum Gasteiger partial charge on any atom is 0.339 e. The van der Waals surface area contributed by atoms with Crippen molar-refractivity contribution in [1.29, 1.82) is 0 Å². The van der Waals surface area contributed by atoms with Gasteiger partial charge in [0.15, 0.2) is 6.10 Å². The van der Waals surface area contributed by atoms with Crippen LogP contribution in [-0.4, -0.2) is 22.8 Å². The molecule has 0 radical (unpaired) electrons. The van der Waals surface area contributed by atoms with Gasteiger partial charge in [-0.25, -0.2) is 4.79 Å². The fraction of sp³-hybridized carbons (Fsp3) is 0.417. The standard InChI is InChI=1S/C12H16O4/c1-4-16-12(15)11(14)10-7(2)5-9(13)6-8(10)3/h5-6,11,13-14H,4H2,1-3H3. The lowest BCUT2D eigenvalue weighted by atomic mass is 9.97. The Morgan fingerprint density at radius 2 is 1.88 bits per heavy atom. The summed E-state index contributed by atoms with van der Waals surface area (Å²) in [5.41, 5.74) is 1.83. The molecule has 4 nitrogen and oxygen atoms in total. The molecule has 88 valence electrons. The van der Waals surface area contributed by atoms with Crippen LogP contribution in [0.15, 0.2) is 12.1 Å². The molecule has 0 aliphatic carbocycles. The van der Waals surface area contributed by atoms with E-state index in [1.54, 1.807) is 20.8 Å². The Balaban J connectivity index is 3.08. The molecule has 0 aliphatic heterocycles. The summed E-state index contributed by atoms with van der Waals surface area (Å²) in [6, 6.07) is 3.01. The number of ether oxygens (including phenoxy) is 1. The van der Waals surface area contributed by atoms with Gasteiger partial charge in [0.1, 0.15) is 5.75 Å². The minimum Gasteiger partial charge on any atom is -0.508 e. The average molecular weight is 224 g/mol. The van der Waals surface area contributed by atoms with Crippen LogP contribution >= 0.6 is 0 Å². The molecule has 1 unspecified atom stereocenters.